The van der Waals surface area contributed by atoms with Crippen LogP contribution in [0, 0.1) is 12.8 Å². The summed E-state index contributed by atoms with van der Waals surface area (Å²) in [5, 5.41) is 0. The van der Waals surface area contributed by atoms with Gasteiger partial charge in [0.05, 0.1) is 12.7 Å². The third-order valence-corrected chi connectivity index (χ3v) is 4.03. The fourth-order valence-corrected chi connectivity index (χ4v) is 2.88. The maximum absolute atomic E-state index is 12.7. The van der Waals surface area contributed by atoms with Crippen LogP contribution in [-0.2, 0) is 0 Å². The van der Waals surface area contributed by atoms with Crippen molar-refractivity contribution >= 4 is 5.78 Å². The van der Waals surface area contributed by atoms with Gasteiger partial charge in [-0.15, -0.1) is 0 Å². The van der Waals surface area contributed by atoms with Crippen LogP contribution < -0.4 is 10.5 Å². The van der Waals surface area contributed by atoms with Crippen LogP contribution in [-0.4, -0.2) is 18.9 Å². The number of hydrogen-bond donors (Lipinski definition) is 1. The second-order valence-electron chi connectivity index (χ2n) is 5.48. The Bertz CT molecular complexity index is 456. The molecule has 0 saturated heterocycles. The quantitative estimate of drug-likeness (QED) is 0.672. The van der Waals surface area contributed by atoms with E-state index >= 15 is 0 Å². The molecule has 2 unspecified atom stereocenters. The monoisotopic (exact) mass is 261 g/mol. The molecule has 1 aliphatic carbocycles. The van der Waals surface area contributed by atoms with Crippen molar-refractivity contribution in [1.82, 2.24) is 0 Å². The van der Waals surface area contributed by atoms with Gasteiger partial charge in [0.25, 0.3) is 0 Å². The molecule has 2 N–H and O–H groups in total. The molecule has 1 aliphatic rings. The average Bonchev–Trinajstić information content (AvgIpc) is 2.62. The van der Waals surface area contributed by atoms with Crippen LogP contribution in [0.3, 0.4) is 0 Å². The van der Waals surface area contributed by atoms with E-state index in [4.69, 9.17) is 10.5 Å². The molecule has 2 atom stereocenters. The molecule has 2 rings (SSSR count). The SMILES string of the molecule is COc1ccc(C)cc1C(=O)C1CCCCCC1N. The summed E-state index contributed by atoms with van der Waals surface area (Å²) in [5.74, 6) is 0.750. The molecule has 19 heavy (non-hydrogen) atoms. The molecule has 3 heteroatoms. The Balaban J connectivity index is 2.29. The van der Waals surface area contributed by atoms with Gasteiger partial charge in [0.15, 0.2) is 5.78 Å². The molecule has 104 valence electrons. The second kappa shape index (κ2) is 6.20. The number of aryl methyl sites for hydroxylation is 1. The summed E-state index contributed by atoms with van der Waals surface area (Å²) < 4.78 is 5.32. The maximum Gasteiger partial charge on any atom is 0.171 e. The van der Waals surface area contributed by atoms with Crippen molar-refractivity contribution in [3.8, 4) is 5.75 Å². The molecule has 1 saturated carbocycles. The van der Waals surface area contributed by atoms with E-state index in [1.54, 1.807) is 7.11 Å². The van der Waals surface area contributed by atoms with Crippen LogP contribution in [0.15, 0.2) is 18.2 Å². The lowest BCUT2D eigenvalue weighted by molar-refractivity contribution is 0.0891. The Kier molecular flexibility index (Phi) is 4.59. The lowest BCUT2D eigenvalue weighted by Gasteiger charge is -2.21. The van der Waals surface area contributed by atoms with Crippen molar-refractivity contribution < 1.29 is 9.53 Å². The predicted molar refractivity (Wildman–Crippen MR) is 76.6 cm³/mol. The van der Waals surface area contributed by atoms with Crippen molar-refractivity contribution in [3.63, 3.8) is 0 Å². The highest BCUT2D eigenvalue weighted by Crippen LogP contribution is 2.29. The summed E-state index contributed by atoms with van der Waals surface area (Å²) in [7, 11) is 1.61. The molecule has 1 fully saturated rings. The molecular formula is C16H23NO2. The lowest BCUT2D eigenvalue weighted by Crippen LogP contribution is -2.34. The summed E-state index contributed by atoms with van der Waals surface area (Å²) in [4.78, 5) is 12.7. The van der Waals surface area contributed by atoms with Crippen molar-refractivity contribution in [1.29, 1.82) is 0 Å². The van der Waals surface area contributed by atoms with E-state index in [0.717, 1.165) is 31.2 Å². The third-order valence-electron chi connectivity index (χ3n) is 4.03. The highest BCUT2D eigenvalue weighted by molar-refractivity contribution is 6.00. The standard InChI is InChI=1S/C16H23NO2/c1-11-8-9-15(19-2)13(10-11)16(18)12-6-4-3-5-7-14(12)17/h8-10,12,14H,3-7,17H2,1-2H3. The maximum atomic E-state index is 12.7. The van der Waals surface area contributed by atoms with Crippen LogP contribution >= 0.6 is 0 Å². The number of carbonyl (C=O) groups excluding carboxylic acids is 1. The zero-order valence-corrected chi connectivity index (χ0v) is 11.8. The molecule has 1 aromatic rings. The van der Waals surface area contributed by atoms with E-state index in [1.807, 2.05) is 25.1 Å². The first-order valence-corrected chi connectivity index (χ1v) is 7.08. The Hall–Kier alpha value is -1.35. The number of ether oxygens (including phenoxy) is 1. The minimum absolute atomic E-state index is 0.0137. The molecule has 0 radical (unpaired) electrons. The second-order valence-corrected chi connectivity index (χ2v) is 5.48. The van der Waals surface area contributed by atoms with Crippen LogP contribution in [0.5, 0.6) is 5.75 Å². The van der Waals surface area contributed by atoms with Crippen LogP contribution in [0.25, 0.3) is 0 Å². The summed E-state index contributed by atoms with van der Waals surface area (Å²) in [5.41, 5.74) is 7.95. The van der Waals surface area contributed by atoms with E-state index in [0.29, 0.717) is 11.3 Å². The van der Waals surface area contributed by atoms with Gasteiger partial charge in [0, 0.05) is 12.0 Å². The van der Waals surface area contributed by atoms with E-state index in [9.17, 15) is 4.79 Å². The largest absolute Gasteiger partial charge is 0.496 e. The normalized spacial score (nSPS) is 23.7. The first-order chi connectivity index (χ1) is 9.13. The smallest absolute Gasteiger partial charge is 0.171 e. The number of rotatable bonds is 3. The predicted octanol–water partition coefficient (Wildman–Crippen LogP) is 3.09. The molecule has 0 bridgehead atoms. The van der Waals surface area contributed by atoms with E-state index in [1.165, 1.54) is 6.42 Å². The van der Waals surface area contributed by atoms with E-state index in [-0.39, 0.29) is 17.7 Å². The van der Waals surface area contributed by atoms with Crippen molar-refractivity contribution in [3.05, 3.63) is 29.3 Å². The van der Waals surface area contributed by atoms with Crippen LogP contribution in [0.4, 0.5) is 0 Å². The highest BCUT2D eigenvalue weighted by Gasteiger charge is 2.29. The molecule has 0 aliphatic heterocycles. The fraction of sp³-hybridized carbons (Fsp3) is 0.562. The molecule has 0 heterocycles. The summed E-state index contributed by atoms with van der Waals surface area (Å²) in [6, 6.07) is 5.73. The van der Waals surface area contributed by atoms with Crippen LogP contribution in [0.1, 0.15) is 48.0 Å². The van der Waals surface area contributed by atoms with Crippen LogP contribution in [0.2, 0.25) is 0 Å². The van der Waals surface area contributed by atoms with E-state index < -0.39 is 0 Å². The van der Waals surface area contributed by atoms with Gasteiger partial charge >= 0.3 is 0 Å². The molecule has 3 nitrogen and oxygen atoms in total. The average molecular weight is 261 g/mol. The van der Waals surface area contributed by atoms with Gasteiger partial charge in [-0.1, -0.05) is 30.9 Å². The van der Waals surface area contributed by atoms with Gasteiger partial charge in [0.2, 0.25) is 0 Å². The topological polar surface area (TPSA) is 52.3 Å². The van der Waals surface area contributed by atoms with Gasteiger partial charge < -0.3 is 10.5 Å². The minimum atomic E-state index is -0.0572. The summed E-state index contributed by atoms with van der Waals surface area (Å²) in [6.45, 7) is 1.99. The minimum Gasteiger partial charge on any atom is -0.496 e. The van der Waals surface area contributed by atoms with E-state index in [2.05, 4.69) is 0 Å². The number of benzene rings is 1. The number of hydrogen-bond acceptors (Lipinski definition) is 3. The lowest BCUT2D eigenvalue weighted by atomic mass is 9.87. The molecule has 0 amide bonds. The molecule has 0 spiro atoms. The first kappa shape index (κ1) is 14.1. The number of Topliss-reactive ketones (excluding diaryl/α,β-unsaturated/α-hetero) is 1. The summed E-state index contributed by atoms with van der Waals surface area (Å²) in [6.07, 6.45) is 5.26. The first-order valence-electron chi connectivity index (χ1n) is 7.08. The highest BCUT2D eigenvalue weighted by atomic mass is 16.5. The van der Waals surface area contributed by atoms with Crippen molar-refractivity contribution in [2.24, 2.45) is 11.7 Å². The van der Waals surface area contributed by atoms with Crippen molar-refractivity contribution in [2.75, 3.05) is 7.11 Å². The Morgan fingerprint density at radius 2 is 2.00 bits per heavy atom. The number of methoxy groups -OCH3 is 1. The van der Waals surface area contributed by atoms with Gasteiger partial charge in [-0.2, -0.15) is 0 Å². The fourth-order valence-electron chi connectivity index (χ4n) is 2.88. The third kappa shape index (κ3) is 3.16. The molecule has 0 aromatic heterocycles. The summed E-state index contributed by atoms with van der Waals surface area (Å²) >= 11 is 0. The zero-order valence-electron chi connectivity index (χ0n) is 11.8. The number of nitrogens with two attached hydrogens (primary N) is 1. The number of ketones is 1. The van der Waals surface area contributed by atoms with Gasteiger partial charge in [-0.3, -0.25) is 4.79 Å². The van der Waals surface area contributed by atoms with Crippen molar-refractivity contribution in [2.45, 2.75) is 45.1 Å². The number of carbonyl (C=O) groups is 1. The van der Waals surface area contributed by atoms with Gasteiger partial charge in [0.1, 0.15) is 5.75 Å². The zero-order chi connectivity index (χ0) is 13.8. The van der Waals surface area contributed by atoms with Gasteiger partial charge in [-0.05, 0) is 31.9 Å². The Labute approximate surface area is 115 Å². The Morgan fingerprint density at radius 3 is 2.74 bits per heavy atom. The van der Waals surface area contributed by atoms with Gasteiger partial charge in [-0.25, -0.2) is 0 Å². The molecular weight excluding hydrogens is 238 g/mol. The Morgan fingerprint density at radius 1 is 1.26 bits per heavy atom. The molecule has 1 aromatic carbocycles.